The molecule has 2 N–H and O–H groups in total. The van der Waals surface area contributed by atoms with E-state index in [4.69, 9.17) is 5.11 Å². The fourth-order valence-electron chi connectivity index (χ4n) is 3.26. The third-order valence-electron chi connectivity index (χ3n) is 4.55. The molecular formula is C15H16F3N3O3. The standard InChI is InChI=1S/C15H16F3N3O3/c16-15(17,18)11-7-21(6-10(11)13(22)23)14(24)20-12-4-8-2-1-3-9(8)5-19-12/h4-5,10-11H,1-3,6-7H2,(H,22,23)(H,19,20,24)/t10-,11-/m1/s1. The van der Waals surface area contributed by atoms with E-state index >= 15 is 0 Å². The summed E-state index contributed by atoms with van der Waals surface area (Å²) in [6.45, 7) is -1.15. The van der Waals surface area contributed by atoms with Crippen LogP contribution in [0.3, 0.4) is 0 Å². The molecule has 1 saturated heterocycles. The summed E-state index contributed by atoms with van der Waals surface area (Å²) in [5, 5.41) is 11.4. The fraction of sp³-hybridized carbons (Fsp3) is 0.533. The van der Waals surface area contributed by atoms with Crippen LogP contribution in [0.2, 0.25) is 0 Å². The molecule has 0 saturated carbocycles. The van der Waals surface area contributed by atoms with E-state index in [1.807, 2.05) is 0 Å². The first-order valence-corrected chi connectivity index (χ1v) is 7.59. The van der Waals surface area contributed by atoms with Crippen LogP contribution < -0.4 is 5.32 Å². The van der Waals surface area contributed by atoms with Gasteiger partial charge in [-0.05, 0) is 36.5 Å². The third kappa shape index (κ3) is 3.15. The first-order chi connectivity index (χ1) is 11.3. The Hall–Kier alpha value is -2.32. The molecule has 2 atom stereocenters. The zero-order valence-electron chi connectivity index (χ0n) is 12.6. The van der Waals surface area contributed by atoms with Crippen molar-refractivity contribution in [2.75, 3.05) is 18.4 Å². The summed E-state index contributed by atoms with van der Waals surface area (Å²) in [6.07, 6.45) is -0.198. The minimum Gasteiger partial charge on any atom is -0.481 e. The molecule has 6 nitrogen and oxygen atoms in total. The van der Waals surface area contributed by atoms with Gasteiger partial charge in [0.15, 0.2) is 0 Å². The van der Waals surface area contributed by atoms with Crippen molar-refractivity contribution in [1.82, 2.24) is 9.88 Å². The second-order valence-electron chi connectivity index (χ2n) is 6.12. The number of aliphatic carboxylic acids is 1. The maximum atomic E-state index is 13.0. The molecule has 1 fully saturated rings. The lowest BCUT2D eigenvalue weighted by Crippen LogP contribution is -2.35. The van der Waals surface area contributed by atoms with Crippen molar-refractivity contribution in [2.24, 2.45) is 11.8 Å². The molecule has 9 heteroatoms. The number of likely N-dealkylation sites (tertiary alicyclic amines) is 1. The maximum Gasteiger partial charge on any atom is 0.394 e. The van der Waals surface area contributed by atoms with Gasteiger partial charge in [0.2, 0.25) is 0 Å². The number of hydrogen-bond acceptors (Lipinski definition) is 3. The van der Waals surface area contributed by atoms with Crippen LogP contribution >= 0.6 is 0 Å². The number of carboxylic acids is 1. The number of hydrogen-bond donors (Lipinski definition) is 2. The van der Waals surface area contributed by atoms with Crippen molar-refractivity contribution in [3.05, 3.63) is 23.4 Å². The molecule has 130 valence electrons. The largest absolute Gasteiger partial charge is 0.481 e. The number of pyridine rings is 1. The van der Waals surface area contributed by atoms with Crippen molar-refractivity contribution in [2.45, 2.75) is 25.4 Å². The lowest BCUT2D eigenvalue weighted by Gasteiger charge is -2.18. The number of urea groups is 1. The highest BCUT2D eigenvalue weighted by Gasteiger charge is 2.53. The molecular weight excluding hydrogens is 327 g/mol. The lowest BCUT2D eigenvalue weighted by atomic mass is 9.96. The van der Waals surface area contributed by atoms with E-state index in [1.54, 1.807) is 12.3 Å². The molecule has 0 unspecified atom stereocenters. The van der Waals surface area contributed by atoms with Gasteiger partial charge in [0.25, 0.3) is 0 Å². The van der Waals surface area contributed by atoms with Crippen LogP contribution in [0.15, 0.2) is 12.3 Å². The molecule has 0 radical (unpaired) electrons. The number of rotatable bonds is 2. The van der Waals surface area contributed by atoms with Gasteiger partial charge in [-0.2, -0.15) is 13.2 Å². The van der Waals surface area contributed by atoms with E-state index in [2.05, 4.69) is 10.3 Å². The predicted molar refractivity (Wildman–Crippen MR) is 77.5 cm³/mol. The number of fused-ring (bicyclic) bond motifs is 1. The Morgan fingerprint density at radius 2 is 1.96 bits per heavy atom. The Morgan fingerprint density at radius 3 is 2.58 bits per heavy atom. The first kappa shape index (κ1) is 16.5. The second kappa shape index (κ2) is 5.95. The van der Waals surface area contributed by atoms with Gasteiger partial charge in [0, 0.05) is 19.3 Å². The van der Waals surface area contributed by atoms with Gasteiger partial charge in [0.05, 0.1) is 11.8 Å². The number of aryl methyl sites for hydroxylation is 2. The molecule has 0 spiro atoms. The summed E-state index contributed by atoms with van der Waals surface area (Å²) in [4.78, 5) is 28.2. The number of carbonyl (C=O) groups excluding carboxylic acids is 1. The van der Waals surface area contributed by atoms with Crippen molar-refractivity contribution in [3.63, 3.8) is 0 Å². The summed E-state index contributed by atoms with van der Waals surface area (Å²) in [7, 11) is 0. The Bertz CT molecular complexity index is 678. The van der Waals surface area contributed by atoms with Crippen LogP contribution in [-0.2, 0) is 17.6 Å². The van der Waals surface area contributed by atoms with Crippen molar-refractivity contribution < 1.29 is 27.9 Å². The number of alkyl halides is 3. The molecule has 2 amide bonds. The Balaban J connectivity index is 1.70. The Labute approximate surface area is 135 Å². The summed E-state index contributed by atoms with van der Waals surface area (Å²) < 4.78 is 38.9. The minimum atomic E-state index is -4.66. The highest BCUT2D eigenvalue weighted by molar-refractivity contribution is 5.89. The average molecular weight is 343 g/mol. The summed E-state index contributed by atoms with van der Waals surface area (Å²) in [6, 6.07) is 0.949. The number of nitrogens with zero attached hydrogens (tertiary/aromatic N) is 2. The molecule has 0 aromatic carbocycles. The molecule has 1 aromatic rings. The Kier molecular flexibility index (Phi) is 4.10. The van der Waals surface area contributed by atoms with E-state index in [-0.39, 0.29) is 5.82 Å². The van der Waals surface area contributed by atoms with Crippen molar-refractivity contribution in [3.8, 4) is 0 Å². The predicted octanol–water partition coefficient (Wildman–Crippen LogP) is 2.30. The van der Waals surface area contributed by atoms with Gasteiger partial charge in [0.1, 0.15) is 5.82 Å². The monoisotopic (exact) mass is 343 g/mol. The summed E-state index contributed by atoms with van der Waals surface area (Å²) in [5.74, 6) is -5.00. The van der Waals surface area contributed by atoms with E-state index in [9.17, 15) is 22.8 Å². The maximum absolute atomic E-state index is 13.0. The molecule has 1 aromatic heterocycles. The highest BCUT2D eigenvalue weighted by Crippen LogP contribution is 2.37. The van der Waals surface area contributed by atoms with Gasteiger partial charge < -0.3 is 10.0 Å². The molecule has 1 aliphatic carbocycles. The number of carboxylic acid groups (broad SMARTS) is 1. The first-order valence-electron chi connectivity index (χ1n) is 7.59. The van der Waals surface area contributed by atoms with Crippen molar-refractivity contribution >= 4 is 17.8 Å². The normalized spacial score (nSPS) is 23.2. The molecule has 3 rings (SSSR count). The zero-order valence-corrected chi connectivity index (χ0v) is 12.6. The lowest BCUT2D eigenvalue weighted by molar-refractivity contribution is -0.187. The number of aromatic nitrogens is 1. The van der Waals surface area contributed by atoms with Crippen LogP contribution in [0.5, 0.6) is 0 Å². The highest BCUT2D eigenvalue weighted by atomic mass is 19.4. The summed E-state index contributed by atoms with van der Waals surface area (Å²) in [5.41, 5.74) is 2.18. The van der Waals surface area contributed by atoms with Gasteiger partial charge in [-0.1, -0.05) is 0 Å². The second-order valence-corrected chi connectivity index (χ2v) is 6.12. The van der Waals surface area contributed by atoms with E-state index in [0.29, 0.717) is 0 Å². The summed E-state index contributed by atoms with van der Waals surface area (Å²) >= 11 is 0. The number of halogens is 3. The molecule has 1 aliphatic heterocycles. The zero-order chi connectivity index (χ0) is 17.5. The molecule has 2 aliphatic rings. The van der Waals surface area contributed by atoms with Gasteiger partial charge >= 0.3 is 18.2 Å². The topological polar surface area (TPSA) is 82.5 Å². The average Bonchev–Trinajstić information content (AvgIpc) is 3.13. The molecule has 2 heterocycles. The number of nitrogens with one attached hydrogen (secondary N) is 1. The van der Waals surface area contributed by atoms with Crippen LogP contribution in [0.25, 0.3) is 0 Å². The van der Waals surface area contributed by atoms with Crippen LogP contribution in [0, 0.1) is 11.8 Å². The van der Waals surface area contributed by atoms with E-state index in [0.717, 1.165) is 35.3 Å². The van der Waals surface area contributed by atoms with Gasteiger partial charge in [-0.3, -0.25) is 10.1 Å². The number of anilines is 1. The van der Waals surface area contributed by atoms with Crippen LogP contribution in [0.1, 0.15) is 17.5 Å². The Morgan fingerprint density at radius 1 is 1.25 bits per heavy atom. The third-order valence-corrected chi connectivity index (χ3v) is 4.55. The fourth-order valence-corrected chi connectivity index (χ4v) is 3.26. The van der Waals surface area contributed by atoms with Crippen molar-refractivity contribution in [1.29, 1.82) is 0 Å². The smallest absolute Gasteiger partial charge is 0.394 e. The van der Waals surface area contributed by atoms with Crippen LogP contribution in [0.4, 0.5) is 23.8 Å². The van der Waals surface area contributed by atoms with Gasteiger partial charge in [-0.15, -0.1) is 0 Å². The van der Waals surface area contributed by atoms with E-state index < -0.39 is 43.1 Å². The SMILES string of the molecule is O=C(O)[C@@H]1CN(C(=O)Nc2cc3c(cn2)CCC3)C[C@H]1C(F)(F)F. The van der Waals surface area contributed by atoms with E-state index in [1.165, 1.54) is 0 Å². The molecule has 0 bridgehead atoms. The van der Waals surface area contributed by atoms with Gasteiger partial charge in [-0.25, -0.2) is 9.78 Å². The van der Waals surface area contributed by atoms with Crippen LogP contribution in [-0.4, -0.2) is 46.3 Å². The number of amides is 2. The minimum absolute atomic E-state index is 0.267. The molecule has 24 heavy (non-hydrogen) atoms. The number of carbonyl (C=O) groups is 2. The quantitative estimate of drug-likeness (QED) is 0.863.